The maximum atomic E-state index is 14.3. The van der Waals surface area contributed by atoms with Crippen LogP contribution in [0.1, 0.15) is 31.7 Å². The second kappa shape index (κ2) is 4.87. The molecule has 1 saturated carbocycles. The van der Waals surface area contributed by atoms with Crippen LogP contribution in [0.4, 0.5) is 8.78 Å². The van der Waals surface area contributed by atoms with E-state index in [-0.39, 0.29) is 25.2 Å². The van der Waals surface area contributed by atoms with Gasteiger partial charge in [-0.1, -0.05) is 6.92 Å². The van der Waals surface area contributed by atoms with E-state index in [1.54, 1.807) is 22.8 Å². The SMILES string of the molecule is C[C@@]1(Cn2cnc3ccc(C#N)cc32)CC(=O)CCC1(F)F. The average molecular weight is 303 g/mol. The van der Waals surface area contributed by atoms with Crippen molar-refractivity contribution in [2.45, 2.75) is 38.7 Å². The summed E-state index contributed by atoms with van der Waals surface area (Å²) in [6.07, 6.45) is 0.883. The molecule has 0 amide bonds. The Morgan fingerprint density at radius 1 is 1.45 bits per heavy atom. The molecule has 4 nitrogen and oxygen atoms in total. The van der Waals surface area contributed by atoms with Gasteiger partial charge in [-0.25, -0.2) is 13.8 Å². The van der Waals surface area contributed by atoms with Gasteiger partial charge in [-0.2, -0.15) is 5.26 Å². The van der Waals surface area contributed by atoms with Crippen molar-refractivity contribution in [3.8, 4) is 6.07 Å². The van der Waals surface area contributed by atoms with Crippen molar-refractivity contribution in [3.63, 3.8) is 0 Å². The number of hydrogen-bond donors (Lipinski definition) is 0. The molecular formula is C16H15F2N3O. The van der Waals surface area contributed by atoms with E-state index in [1.165, 1.54) is 13.3 Å². The van der Waals surface area contributed by atoms with E-state index in [0.717, 1.165) is 0 Å². The van der Waals surface area contributed by atoms with E-state index in [1.807, 2.05) is 6.07 Å². The van der Waals surface area contributed by atoms with Crippen LogP contribution >= 0.6 is 0 Å². The number of imidazole rings is 1. The molecule has 0 N–H and O–H groups in total. The van der Waals surface area contributed by atoms with Crippen molar-refractivity contribution < 1.29 is 13.6 Å². The van der Waals surface area contributed by atoms with Gasteiger partial charge >= 0.3 is 0 Å². The Morgan fingerprint density at radius 2 is 2.23 bits per heavy atom. The number of nitriles is 1. The van der Waals surface area contributed by atoms with Gasteiger partial charge in [0.05, 0.1) is 34.4 Å². The lowest BCUT2D eigenvalue weighted by Gasteiger charge is -2.40. The minimum Gasteiger partial charge on any atom is -0.330 e. The number of carbonyl (C=O) groups excluding carboxylic acids is 1. The first-order chi connectivity index (χ1) is 10.3. The molecule has 0 spiro atoms. The van der Waals surface area contributed by atoms with E-state index in [2.05, 4.69) is 4.98 Å². The molecule has 1 fully saturated rings. The molecule has 114 valence electrons. The molecule has 0 radical (unpaired) electrons. The van der Waals surface area contributed by atoms with Crippen LogP contribution in [0.25, 0.3) is 11.0 Å². The number of carbonyl (C=O) groups is 1. The van der Waals surface area contributed by atoms with E-state index in [0.29, 0.717) is 16.6 Å². The van der Waals surface area contributed by atoms with Gasteiger partial charge in [-0.05, 0) is 18.2 Å². The predicted octanol–water partition coefficient (Wildman–Crippen LogP) is 3.30. The third-order valence-electron chi connectivity index (χ3n) is 4.46. The maximum Gasteiger partial charge on any atom is 0.255 e. The standard InChI is InChI=1S/C16H15F2N3O/c1-15(7-12(22)4-5-16(15,17)18)9-21-10-20-13-3-2-11(8-19)6-14(13)21/h2-3,6,10H,4-5,7,9H2,1H3/t15-/m0/s1. The zero-order valence-corrected chi connectivity index (χ0v) is 12.1. The molecule has 22 heavy (non-hydrogen) atoms. The largest absolute Gasteiger partial charge is 0.330 e. The van der Waals surface area contributed by atoms with Gasteiger partial charge in [0, 0.05) is 25.8 Å². The summed E-state index contributed by atoms with van der Waals surface area (Å²) in [4.78, 5) is 15.8. The van der Waals surface area contributed by atoms with Gasteiger partial charge in [0.15, 0.2) is 0 Å². The Bertz CT molecular complexity index is 790. The highest BCUT2D eigenvalue weighted by Crippen LogP contribution is 2.48. The van der Waals surface area contributed by atoms with Crippen LogP contribution in [-0.2, 0) is 11.3 Å². The molecule has 0 unspecified atom stereocenters. The van der Waals surface area contributed by atoms with Gasteiger partial charge in [0.25, 0.3) is 5.92 Å². The Kier molecular flexibility index (Phi) is 3.24. The van der Waals surface area contributed by atoms with Crippen LogP contribution in [0.2, 0.25) is 0 Å². The highest BCUT2D eigenvalue weighted by Gasteiger charge is 2.53. The van der Waals surface area contributed by atoms with Crippen LogP contribution < -0.4 is 0 Å². The molecule has 1 aromatic heterocycles. The van der Waals surface area contributed by atoms with Gasteiger partial charge < -0.3 is 4.57 Å². The number of halogens is 2. The average Bonchev–Trinajstić information content (AvgIpc) is 2.86. The molecule has 3 rings (SSSR count). The van der Waals surface area contributed by atoms with Crippen molar-refractivity contribution in [1.29, 1.82) is 5.26 Å². The highest BCUT2D eigenvalue weighted by atomic mass is 19.3. The fourth-order valence-corrected chi connectivity index (χ4v) is 3.05. The quantitative estimate of drug-likeness (QED) is 0.855. The number of Topliss-reactive ketones (excluding diaryl/α,β-unsaturated/α-hetero) is 1. The lowest BCUT2D eigenvalue weighted by Crippen LogP contribution is -2.47. The molecule has 1 atom stereocenters. The van der Waals surface area contributed by atoms with E-state index >= 15 is 0 Å². The first-order valence-corrected chi connectivity index (χ1v) is 7.09. The summed E-state index contributed by atoms with van der Waals surface area (Å²) < 4.78 is 30.3. The van der Waals surface area contributed by atoms with Gasteiger partial charge in [-0.15, -0.1) is 0 Å². The Morgan fingerprint density at radius 3 is 2.95 bits per heavy atom. The van der Waals surface area contributed by atoms with Gasteiger partial charge in [0.2, 0.25) is 0 Å². The van der Waals surface area contributed by atoms with Crippen LogP contribution in [0.3, 0.4) is 0 Å². The Labute approximate surface area is 126 Å². The first kappa shape index (κ1) is 14.6. The summed E-state index contributed by atoms with van der Waals surface area (Å²) in [5.41, 5.74) is 0.298. The zero-order chi connectivity index (χ0) is 16.0. The van der Waals surface area contributed by atoms with Gasteiger partial charge in [-0.3, -0.25) is 4.79 Å². The van der Waals surface area contributed by atoms with Crippen LogP contribution in [0, 0.1) is 16.7 Å². The first-order valence-electron chi connectivity index (χ1n) is 7.09. The smallest absolute Gasteiger partial charge is 0.255 e. The van der Waals surface area contributed by atoms with Crippen molar-refractivity contribution in [1.82, 2.24) is 9.55 Å². The second-order valence-corrected chi connectivity index (χ2v) is 6.17. The Hall–Kier alpha value is -2.29. The third kappa shape index (κ3) is 2.27. The molecule has 0 saturated heterocycles. The third-order valence-corrected chi connectivity index (χ3v) is 4.46. The summed E-state index contributed by atoms with van der Waals surface area (Å²) in [5, 5.41) is 8.97. The number of hydrogen-bond acceptors (Lipinski definition) is 3. The molecule has 1 heterocycles. The van der Waals surface area contributed by atoms with E-state index in [9.17, 15) is 13.6 Å². The maximum absolute atomic E-state index is 14.3. The normalized spacial score (nSPS) is 24.4. The van der Waals surface area contributed by atoms with E-state index < -0.39 is 17.8 Å². The minimum atomic E-state index is -2.90. The summed E-state index contributed by atoms with van der Waals surface area (Å²) in [6, 6.07) is 6.99. The topological polar surface area (TPSA) is 58.7 Å². The Balaban J connectivity index is 2.01. The van der Waals surface area contributed by atoms with Crippen LogP contribution in [0.5, 0.6) is 0 Å². The lowest BCUT2D eigenvalue weighted by atomic mass is 9.71. The van der Waals surface area contributed by atoms with Crippen LogP contribution in [0.15, 0.2) is 24.5 Å². The highest BCUT2D eigenvalue weighted by molar-refractivity contribution is 5.80. The fourth-order valence-electron chi connectivity index (χ4n) is 3.05. The molecule has 6 heteroatoms. The molecule has 0 bridgehead atoms. The molecule has 0 aliphatic heterocycles. The zero-order valence-electron chi connectivity index (χ0n) is 12.1. The molecule has 1 aromatic carbocycles. The molecular weight excluding hydrogens is 288 g/mol. The minimum absolute atomic E-state index is 0.00286. The van der Waals surface area contributed by atoms with E-state index in [4.69, 9.17) is 5.26 Å². The predicted molar refractivity (Wildman–Crippen MR) is 76.4 cm³/mol. The number of nitrogens with zero attached hydrogens (tertiary/aromatic N) is 3. The van der Waals surface area contributed by atoms with Crippen LogP contribution in [-0.4, -0.2) is 21.3 Å². The summed E-state index contributed by atoms with van der Waals surface area (Å²) >= 11 is 0. The summed E-state index contributed by atoms with van der Waals surface area (Å²) in [7, 11) is 0. The van der Waals surface area contributed by atoms with Crippen molar-refractivity contribution in [3.05, 3.63) is 30.1 Å². The number of rotatable bonds is 2. The number of fused-ring (bicyclic) bond motifs is 1. The number of ketones is 1. The number of aromatic nitrogens is 2. The second-order valence-electron chi connectivity index (χ2n) is 6.17. The number of benzene rings is 1. The number of alkyl halides is 2. The van der Waals surface area contributed by atoms with Crippen molar-refractivity contribution >= 4 is 16.8 Å². The monoisotopic (exact) mass is 303 g/mol. The summed E-state index contributed by atoms with van der Waals surface area (Å²) in [5.74, 6) is -3.03. The van der Waals surface area contributed by atoms with Gasteiger partial charge in [0.1, 0.15) is 5.78 Å². The lowest BCUT2D eigenvalue weighted by molar-refractivity contribution is -0.162. The molecule has 2 aromatic rings. The molecule has 1 aliphatic carbocycles. The molecule has 1 aliphatic rings. The fraction of sp³-hybridized carbons (Fsp3) is 0.438. The van der Waals surface area contributed by atoms with Crippen molar-refractivity contribution in [2.75, 3.05) is 0 Å². The van der Waals surface area contributed by atoms with Crippen molar-refractivity contribution in [2.24, 2.45) is 5.41 Å². The summed E-state index contributed by atoms with van der Waals surface area (Å²) in [6.45, 7) is 1.45.